The molecule has 0 unspecified atom stereocenters. The summed E-state index contributed by atoms with van der Waals surface area (Å²) < 4.78 is 0. The van der Waals surface area contributed by atoms with Crippen LogP contribution in [0, 0.1) is 5.92 Å². The summed E-state index contributed by atoms with van der Waals surface area (Å²) in [6.07, 6.45) is 4.90. The number of nitrogens with zero attached hydrogens (tertiary/aromatic N) is 3. The van der Waals surface area contributed by atoms with E-state index in [1.54, 1.807) is 0 Å². The maximum absolute atomic E-state index is 10.5. The van der Waals surface area contributed by atoms with Crippen LogP contribution in [0.4, 0.5) is 5.95 Å². The van der Waals surface area contributed by atoms with Crippen molar-refractivity contribution in [2.45, 2.75) is 44.6 Å². The Hall–Kier alpha value is -0.650. The first-order chi connectivity index (χ1) is 9.00. The molecule has 1 aromatic rings. The Morgan fingerprint density at radius 3 is 2.32 bits per heavy atom. The van der Waals surface area contributed by atoms with Gasteiger partial charge in [0.2, 0.25) is 16.5 Å². The van der Waals surface area contributed by atoms with Crippen LogP contribution in [0.1, 0.15) is 39.0 Å². The van der Waals surface area contributed by atoms with Gasteiger partial charge in [0.15, 0.2) is 0 Å². The van der Waals surface area contributed by atoms with Crippen molar-refractivity contribution in [1.29, 1.82) is 0 Å². The van der Waals surface area contributed by atoms with E-state index in [2.05, 4.69) is 27.2 Å². The van der Waals surface area contributed by atoms with Gasteiger partial charge in [-0.15, -0.1) is 0 Å². The molecule has 1 aromatic heterocycles. The smallest absolute Gasteiger partial charge is 0.228 e. The summed E-state index contributed by atoms with van der Waals surface area (Å²) in [4.78, 5) is 11.5. The second-order valence-corrected chi connectivity index (χ2v) is 5.80. The molecule has 1 aliphatic rings. The Morgan fingerprint density at radius 2 is 1.79 bits per heavy atom. The Morgan fingerprint density at radius 1 is 1.21 bits per heavy atom. The normalized spacial score (nSPS) is 27.3. The van der Waals surface area contributed by atoms with E-state index in [9.17, 15) is 5.11 Å². The van der Waals surface area contributed by atoms with Gasteiger partial charge in [0.05, 0.1) is 5.60 Å². The zero-order valence-corrected chi connectivity index (χ0v) is 12.4. The first-order valence-electron chi connectivity index (χ1n) is 6.54. The van der Waals surface area contributed by atoms with Crippen LogP contribution in [-0.2, 0) is 0 Å². The van der Waals surface area contributed by atoms with Gasteiger partial charge in [-0.3, -0.25) is 0 Å². The average Bonchev–Trinajstić information content (AvgIpc) is 2.37. The van der Waals surface area contributed by atoms with Crippen LogP contribution in [0.5, 0.6) is 0 Å². The minimum atomic E-state index is -0.697. The van der Waals surface area contributed by atoms with Crippen molar-refractivity contribution in [2.24, 2.45) is 5.92 Å². The molecule has 1 saturated carbocycles. The molecule has 0 bridgehead atoms. The minimum absolute atomic E-state index is 0.0455. The monoisotopic (exact) mass is 304 g/mol. The Labute approximate surface area is 122 Å². The van der Waals surface area contributed by atoms with Crippen molar-refractivity contribution < 1.29 is 5.11 Å². The van der Waals surface area contributed by atoms with E-state index in [4.69, 9.17) is 23.2 Å². The Kier molecular flexibility index (Phi) is 4.81. The third-order valence-corrected chi connectivity index (χ3v) is 4.11. The van der Waals surface area contributed by atoms with Crippen molar-refractivity contribution in [2.75, 3.05) is 11.9 Å². The second-order valence-electron chi connectivity index (χ2n) is 5.13. The summed E-state index contributed by atoms with van der Waals surface area (Å²) in [6, 6.07) is 0. The molecule has 0 aromatic carbocycles. The summed E-state index contributed by atoms with van der Waals surface area (Å²) in [7, 11) is 0. The highest BCUT2D eigenvalue weighted by Gasteiger charge is 2.32. The van der Waals surface area contributed by atoms with Crippen molar-refractivity contribution in [1.82, 2.24) is 15.0 Å². The molecule has 1 heterocycles. The van der Waals surface area contributed by atoms with Crippen LogP contribution in [0.15, 0.2) is 0 Å². The maximum atomic E-state index is 10.5. The third-order valence-electron chi connectivity index (χ3n) is 3.77. The zero-order chi connectivity index (χ0) is 13.9. The molecule has 0 radical (unpaired) electrons. The van der Waals surface area contributed by atoms with Crippen molar-refractivity contribution >= 4 is 29.2 Å². The van der Waals surface area contributed by atoms with Crippen LogP contribution in [0.25, 0.3) is 0 Å². The van der Waals surface area contributed by atoms with E-state index in [1.807, 2.05) is 0 Å². The average molecular weight is 305 g/mol. The largest absolute Gasteiger partial charge is 0.388 e. The van der Waals surface area contributed by atoms with Crippen molar-refractivity contribution in [3.05, 3.63) is 10.6 Å². The highest BCUT2D eigenvalue weighted by atomic mass is 35.5. The number of nitrogens with one attached hydrogen (secondary N) is 1. The van der Waals surface area contributed by atoms with Crippen LogP contribution in [0.3, 0.4) is 0 Å². The van der Waals surface area contributed by atoms with Crippen molar-refractivity contribution in [3.63, 3.8) is 0 Å². The van der Waals surface area contributed by atoms with Gasteiger partial charge in [0, 0.05) is 6.54 Å². The summed E-state index contributed by atoms with van der Waals surface area (Å²) in [5, 5.41) is 13.6. The standard InChI is InChI=1S/C12H18Cl2N4O/c1-2-8-3-5-12(19,6-4-8)7-15-11-17-9(13)16-10(14)18-11/h8,19H,2-7H2,1H3,(H,15,16,17,18). The molecule has 0 aliphatic heterocycles. The second kappa shape index (κ2) is 6.20. The van der Waals surface area contributed by atoms with Gasteiger partial charge in [0.1, 0.15) is 0 Å². The van der Waals surface area contributed by atoms with E-state index in [0.717, 1.165) is 31.6 Å². The van der Waals surface area contributed by atoms with Gasteiger partial charge < -0.3 is 10.4 Å². The molecule has 2 rings (SSSR count). The summed E-state index contributed by atoms with van der Waals surface area (Å²) >= 11 is 11.4. The highest BCUT2D eigenvalue weighted by molar-refractivity contribution is 6.31. The molecule has 0 saturated heterocycles. The molecular weight excluding hydrogens is 287 g/mol. The lowest BCUT2D eigenvalue weighted by Crippen LogP contribution is -2.40. The highest BCUT2D eigenvalue weighted by Crippen LogP contribution is 2.33. The molecular formula is C12H18Cl2N4O. The number of hydrogen-bond donors (Lipinski definition) is 2. The topological polar surface area (TPSA) is 70.9 Å². The number of halogens is 2. The van der Waals surface area contributed by atoms with Gasteiger partial charge in [0.25, 0.3) is 0 Å². The van der Waals surface area contributed by atoms with Crippen LogP contribution < -0.4 is 5.32 Å². The lowest BCUT2D eigenvalue weighted by molar-refractivity contribution is 0.00216. The van der Waals surface area contributed by atoms with Gasteiger partial charge in [-0.25, -0.2) is 0 Å². The molecule has 0 atom stereocenters. The van der Waals surface area contributed by atoms with Crippen LogP contribution in [-0.4, -0.2) is 32.2 Å². The van der Waals surface area contributed by atoms with Crippen molar-refractivity contribution in [3.8, 4) is 0 Å². The number of aliphatic hydroxyl groups is 1. The summed E-state index contributed by atoms with van der Waals surface area (Å²) in [5.74, 6) is 1.04. The molecule has 7 heteroatoms. The maximum Gasteiger partial charge on any atom is 0.228 e. The van der Waals surface area contributed by atoms with Gasteiger partial charge in [-0.2, -0.15) is 15.0 Å². The number of hydrogen-bond acceptors (Lipinski definition) is 5. The van der Waals surface area contributed by atoms with E-state index in [0.29, 0.717) is 12.5 Å². The molecule has 0 amide bonds. The molecule has 5 nitrogen and oxygen atoms in total. The zero-order valence-electron chi connectivity index (χ0n) is 10.9. The Balaban J connectivity index is 1.91. The molecule has 19 heavy (non-hydrogen) atoms. The first kappa shape index (κ1) is 14.8. The van der Waals surface area contributed by atoms with Gasteiger partial charge in [-0.05, 0) is 54.8 Å². The fourth-order valence-corrected chi connectivity index (χ4v) is 2.81. The third kappa shape index (κ3) is 4.16. The van der Waals surface area contributed by atoms with Crippen LogP contribution >= 0.6 is 23.2 Å². The lowest BCUT2D eigenvalue weighted by Gasteiger charge is -2.35. The summed E-state index contributed by atoms with van der Waals surface area (Å²) in [5.41, 5.74) is -0.697. The first-order valence-corrected chi connectivity index (χ1v) is 7.30. The molecule has 2 N–H and O–H groups in total. The van der Waals surface area contributed by atoms with Gasteiger partial charge in [-0.1, -0.05) is 13.3 Å². The summed E-state index contributed by atoms with van der Waals surface area (Å²) in [6.45, 7) is 2.60. The van der Waals surface area contributed by atoms with E-state index < -0.39 is 5.60 Å². The van der Waals surface area contributed by atoms with Gasteiger partial charge >= 0.3 is 0 Å². The predicted molar refractivity (Wildman–Crippen MR) is 75.5 cm³/mol. The molecule has 106 valence electrons. The number of rotatable bonds is 4. The quantitative estimate of drug-likeness (QED) is 0.895. The van der Waals surface area contributed by atoms with E-state index in [1.165, 1.54) is 6.42 Å². The fourth-order valence-electron chi connectivity index (χ4n) is 2.45. The number of aromatic nitrogens is 3. The number of anilines is 1. The van der Waals surface area contributed by atoms with Crippen LogP contribution in [0.2, 0.25) is 10.6 Å². The van der Waals surface area contributed by atoms with E-state index >= 15 is 0 Å². The molecule has 0 spiro atoms. The minimum Gasteiger partial charge on any atom is -0.388 e. The lowest BCUT2D eigenvalue weighted by atomic mass is 9.78. The molecule has 1 fully saturated rings. The SMILES string of the molecule is CCC1CCC(O)(CNc2nc(Cl)nc(Cl)n2)CC1. The predicted octanol–water partition coefficient (Wildman–Crippen LogP) is 2.92. The Bertz CT molecular complexity index is 415. The molecule has 1 aliphatic carbocycles. The van der Waals surface area contributed by atoms with E-state index in [-0.39, 0.29) is 10.6 Å². The fraction of sp³-hybridized carbons (Fsp3) is 0.750.